The van der Waals surface area contributed by atoms with Gasteiger partial charge in [-0.3, -0.25) is 19.4 Å². The summed E-state index contributed by atoms with van der Waals surface area (Å²) in [7, 11) is 0. The van der Waals surface area contributed by atoms with Crippen molar-refractivity contribution in [3.63, 3.8) is 0 Å². The van der Waals surface area contributed by atoms with Crippen molar-refractivity contribution in [2.45, 2.75) is 67.2 Å². The Labute approximate surface area is 171 Å². The van der Waals surface area contributed by atoms with Crippen molar-refractivity contribution < 1.29 is 9.59 Å². The highest BCUT2D eigenvalue weighted by atomic mass is 35.5. The van der Waals surface area contributed by atoms with Gasteiger partial charge in [0.25, 0.3) is 0 Å². The molecule has 2 aromatic rings. The van der Waals surface area contributed by atoms with E-state index in [9.17, 15) is 14.4 Å². The van der Waals surface area contributed by atoms with Crippen LogP contribution in [0.1, 0.15) is 84.0 Å². The number of ketones is 2. The number of hydrogen-bond acceptors (Lipinski definition) is 4. The van der Waals surface area contributed by atoms with E-state index < -0.39 is 0 Å². The Balaban J connectivity index is 0.000000280. The van der Waals surface area contributed by atoms with Crippen LogP contribution in [-0.2, 0) is 12.8 Å². The van der Waals surface area contributed by atoms with Crippen LogP contribution in [0, 0.1) is 13.8 Å². The molecule has 0 spiro atoms. The molecule has 6 heteroatoms. The van der Waals surface area contributed by atoms with Crippen molar-refractivity contribution >= 4 is 23.2 Å². The van der Waals surface area contributed by atoms with E-state index in [2.05, 4.69) is 9.97 Å². The number of carbonyl (C=O) groups is 2. The van der Waals surface area contributed by atoms with Gasteiger partial charge in [0.05, 0.1) is 21.8 Å². The van der Waals surface area contributed by atoms with Crippen LogP contribution in [0.5, 0.6) is 0 Å². The zero-order valence-corrected chi connectivity index (χ0v) is 18.3. The molecule has 0 saturated carbocycles. The predicted molar refractivity (Wildman–Crippen MR) is 114 cm³/mol. The Hall–Kier alpha value is -2.27. The number of nitrogens with one attached hydrogen (secondary N) is 1. The highest BCUT2D eigenvalue weighted by molar-refractivity contribution is 6.34. The first kappa shape index (κ1) is 23.8. The van der Waals surface area contributed by atoms with E-state index in [1.165, 1.54) is 6.07 Å². The first-order valence-corrected chi connectivity index (χ1v) is 10.0. The van der Waals surface area contributed by atoms with Gasteiger partial charge in [0, 0.05) is 36.0 Å². The van der Waals surface area contributed by atoms with Crippen LogP contribution in [0.2, 0.25) is 5.02 Å². The number of aryl methyl sites for hydroxylation is 4. The molecule has 0 saturated heterocycles. The summed E-state index contributed by atoms with van der Waals surface area (Å²) in [6.07, 6.45) is 2.26. The molecule has 2 rings (SSSR count). The Morgan fingerprint density at radius 1 is 0.964 bits per heavy atom. The van der Waals surface area contributed by atoms with Crippen molar-refractivity contribution in [1.82, 2.24) is 9.97 Å². The molecular weight excluding hydrogens is 376 g/mol. The zero-order valence-electron chi connectivity index (χ0n) is 17.5. The Bertz CT molecular complexity index is 917. The van der Waals surface area contributed by atoms with E-state index in [0.29, 0.717) is 35.4 Å². The number of H-pyrrole nitrogens is 1. The van der Waals surface area contributed by atoms with E-state index in [-0.39, 0.29) is 17.0 Å². The average Bonchev–Trinajstić information content (AvgIpc) is 2.65. The monoisotopic (exact) mass is 404 g/mol. The van der Waals surface area contributed by atoms with Crippen LogP contribution in [0.25, 0.3) is 0 Å². The lowest BCUT2D eigenvalue weighted by atomic mass is 10.0. The van der Waals surface area contributed by atoms with Crippen LogP contribution in [0.3, 0.4) is 0 Å². The maximum absolute atomic E-state index is 11.6. The normalized spacial score (nSPS) is 10.2. The van der Waals surface area contributed by atoms with E-state index >= 15 is 0 Å². The lowest BCUT2D eigenvalue weighted by Gasteiger charge is -2.08. The maximum atomic E-state index is 11.6. The van der Waals surface area contributed by atoms with Crippen molar-refractivity contribution in [3.8, 4) is 0 Å². The molecule has 0 bridgehead atoms. The molecule has 0 atom stereocenters. The number of Topliss-reactive ketones (excluding diaryl/α,β-unsaturated/α-hetero) is 2. The van der Waals surface area contributed by atoms with Crippen molar-refractivity contribution in [1.29, 1.82) is 0 Å². The summed E-state index contributed by atoms with van der Waals surface area (Å²) in [5.41, 5.74) is 4.00. The smallest absolute Gasteiger partial charge is 0.192 e. The second kappa shape index (κ2) is 10.9. The first-order valence-electron chi connectivity index (χ1n) is 9.65. The summed E-state index contributed by atoms with van der Waals surface area (Å²) >= 11 is 6.03. The van der Waals surface area contributed by atoms with Gasteiger partial charge in [-0.2, -0.15) is 0 Å². The first-order chi connectivity index (χ1) is 13.2. The van der Waals surface area contributed by atoms with Gasteiger partial charge in [-0.15, -0.1) is 0 Å². The molecule has 0 amide bonds. The average molecular weight is 405 g/mol. The molecular formula is C22H29ClN2O3. The van der Waals surface area contributed by atoms with E-state index in [0.717, 1.165) is 29.2 Å². The fourth-order valence-electron chi connectivity index (χ4n) is 2.92. The van der Waals surface area contributed by atoms with Crippen molar-refractivity contribution in [2.24, 2.45) is 0 Å². The molecule has 0 unspecified atom stereocenters. The third-order valence-electron chi connectivity index (χ3n) is 4.31. The summed E-state index contributed by atoms with van der Waals surface area (Å²) < 4.78 is 0. The molecule has 152 valence electrons. The van der Waals surface area contributed by atoms with Crippen molar-refractivity contribution in [3.05, 3.63) is 61.3 Å². The molecule has 28 heavy (non-hydrogen) atoms. The van der Waals surface area contributed by atoms with Gasteiger partial charge in [0.15, 0.2) is 17.0 Å². The minimum atomic E-state index is -0.162. The summed E-state index contributed by atoms with van der Waals surface area (Å²) in [6, 6.07) is 3.21. The molecule has 2 heterocycles. The van der Waals surface area contributed by atoms with Crippen LogP contribution in [0.4, 0.5) is 0 Å². The number of aromatic nitrogens is 2. The van der Waals surface area contributed by atoms with Gasteiger partial charge in [0.2, 0.25) is 0 Å². The minimum absolute atomic E-state index is 0.0688. The quantitative estimate of drug-likeness (QED) is 0.684. The standard InChI is InChI=1S/C11H14ClNO.C11H15NO2/c1-4-9-11(10(14)5-2)8(12)6-7(3)13-9;1-4-8-11(9(13)5-2)10(14)6-7(3)12-8/h6H,4-5H2,1-3H3;6H,4-5H2,1-3H3,(H,12,14). The predicted octanol–water partition coefficient (Wildman–Crippen LogP) is 5.04. The van der Waals surface area contributed by atoms with Crippen LogP contribution in [0.15, 0.2) is 16.9 Å². The lowest BCUT2D eigenvalue weighted by Crippen LogP contribution is -2.19. The van der Waals surface area contributed by atoms with Gasteiger partial charge in [-0.1, -0.05) is 39.3 Å². The summed E-state index contributed by atoms with van der Waals surface area (Å²) in [5.74, 6) is -0.0116. The van der Waals surface area contributed by atoms with Gasteiger partial charge >= 0.3 is 0 Å². The van der Waals surface area contributed by atoms with Gasteiger partial charge < -0.3 is 4.98 Å². The third-order valence-corrected chi connectivity index (χ3v) is 4.60. The SMILES string of the molecule is CCC(=O)c1c(CC)[nH]c(C)cc1=O.CCC(=O)c1c(Cl)cc(C)nc1CC. The fraction of sp³-hybridized carbons (Fsp3) is 0.455. The van der Waals surface area contributed by atoms with E-state index in [4.69, 9.17) is 11.6 Å². The molecule has 1 N–H and O–H groups in total. The van der Waals surface area contributed by atoms with E-state index in [1.54, 1.807) is 13.0 Å². The minimum Gasteiger partial charge on any atom is -0.362 e. The summed E-state index contributed by atoms with van der Waals surface area (Å²) in [4.78, 5) is 42.1. The zero-order chi connectivity index (χ0) is 21.4. The highest BCUT2D eigenvalue weighted by Crippen LogP contribution is 2.22. The van der Waals surface area contributed by atoms with Crippen molar-refractivity contribution in [2.75, 3.05) is 0 Å². The maximum Gasteiger partial charge on any atom is 0.192 e. The highest BCUT2D eigenvalue weighted by Gasteiger charge is 2.15. The number of nitrogens with zero attached hydrogens (tertiary/aromatic N) is 1. The van der Waals surface area contributed by atoms with Crippen LogP contribution >= 0.6 is 11.6 Å². The molecule has 5 nitrogen and oxygen atoms in total. The second-order valence-corrected chi connectivity index (χ2v) is 6.91. The topological polar surface area (TPSA) is 79.9 Å². The number of carbonyl (C=O) groups excluding carboxylic acids is 2. The van der Waals surface area contributed by atoms with Crippen LogP contribution in [-0.4, -0.2) is 21.5 Å². The fourth-order valence-corrected chi connectivity index (χ4v) is 3.30. The number of hydrogen-bond donors (Lipinski definition) is 1. The largest absolute Gasteiger partial charge is 0.362 e. The Morgan fingerprint density at radius 3 is 2.04 bits per heavy atom. The number of pyridine rings is 2. The van der Waals surface area contributed by atoms with Gasteiger partial charge in [-0.25, -0.2) is 0 Å². The Morgan fingerprint density at radius 2 is 1.54 bits per heavy atom. The number of aromatic amines is 1. The molecule has 0 aromatic carbocycles. The van der Waals surface area contributed by atoms with Gasteiger partial charge in [-0.05, 0) is 32.8 Å². The Kier molecular flexibility index (Phi) is 9.26. The molecule has 0 radical (unpaired) electrons. The van der Waals surface area contributed by atoms with Gasteiger partial charge in [0.1, 0.15) is 0 Å². The number of halogens is 1. The summed E-state index contributed by atoms with van der Waals surface area (Å²) in [5, 5.41) is 0.529. The molecule has 2 aromatic heterocycles. The second-order valence-electron chi connectivity index (χ2n) is 6.50. The van der Waals surface area contributed by atoms with E-state index in [1.807, 2.05) is 34.6 Å². The molecule has 0 fully saturated rings. The number of rotatable bonds is 6. The summed E-state index contributed by atoms with van der Waals surface area (Å²) in [6.45, 7) is 11.2. The molecule has 0 aliphatic carbocycles. The molecule has 0 aliphatic heterocycles. The third kappa shape index (κ3) is 5.86. The lowest BCUT2D eigenvalue weighted by molar-refractivity contribution is 0.0978. The molecule has 0 aliphatic rings. The van der Waals surface area contributed by atoms with Crippen LogP contribution < -0.4 is 5.43 Å².